The number of ether oxygens (including phenoxy) is 1. The molecular weight excluding hydrogens is 381 g/mol. The van der Waals surface area contributed by atoms with Gasteiger partial charge in [-0.05, 0) is 20.8 Å². The standard InChI is InChI=1S/C15H21ClFN7O3/c1-15(2,3)27-14(26)11-8-23(21-19-11)5-4-10(17)7-24-9-12(20-22-24)18-13(25)6-16/h8-10H,4-7H2,1-3H3,(H,18,25). The molecular formula is C15H21ClFN7O3. The van der Waals surface area contributed by atoms with Crippen LogP contribution in [0.3, 0.4) is 0 Å². The number of nitrogens with zero attached hydrogens (tertiary/aromatic N) is 6. The van der Waals surface area contributed by atoms with Gasteiger partial charge in [-0.25, -0.2) is 13.9 Å². The predicted octanol–water partition coefficient (Wildman–Crippen LogP) is 1.43. The molecule has 2 heterocycles. The Morgan fingerprint density at radius 3 is 2.63 bits per heavy atom. The molecule has 1 amide bonds. The Bertz CT molecular complexity index is 786. The monoisotopic (exact) mass is 401 g/mol. The molecule has 2 aromatic heterocycles. The average Bonchev–Trinajstić information content (AvgIpc) is 3.21. The number of nitrogens with one attached hydrogen (secondary N) is 1. The number of anilines is 1. The summed E-state index contributed by atoms with van der Waals surface area (Å²) in [4.78, 5) is 23.0. The molecule has 10 nitrogen and oxygen atoms in total. The normalized spacial score (nSPS) is 12.6. The van der Waals surface area contributed by atoms with Crippen molar-refractivity contribution >= 4 is 29.3 Å². The van der Waals surface area contributed by atoms with Crippen LogP contribution in [0.15, 0.2) is 12.4 Å². The number of rotatable bonds is 8. The van der Waals surface area contributed by atoms with Gasteiger partial charge in [0, 0.05) is 13.0 Å². The van der Waals surface area contributed by atoms with E-state index < -0.39 is 23.6 Å². The smallest absolute Gasteiger partial charge is 0.361 e. The molecule has 0 radical (unpaired) electrons. The highest BCUT2D eigenvalue weighted by Crippen LogP contribution is 2.11. The first-order chi connectivity index (χ1) is 12.7. The molecule has 148 valence electrons. The number of esters is 1. The summed E-state index contributed by atoms with van der Waals surface area (Å²) < 4.78 is 22.0. The number of halogens is 2. The van der Waals surface area contributed by atoms with Crippen LogP contribution in [0.4, 0.5) is 10.2 Å². The van der Waals surface area contributed by atoms with Crippen LogP contribution < -0.4 is 5.32 Å². The Hall–Kier alpha value is -2.56. The minimum atomic E-state index is -1.24. The highest BCUT2D eigenvalue weighted by molar-refractivity contribution is 6.28. The van der Waals surface area contributed by atoms with Gasteiger partial charge in [-0.3, -0.25) is 9.48 Å². The van der Waals surface area contributed by atoms with Crippen LogP contribution in [0.1, 0.15) is 37.7 Å². The van der Waals surface area contributed by atoms with E-state index in [1.807, 2.05) is 0 Å². The molecule has 0 saturated heterocycles. The van der Waals surface area contributed by atoms with E-state index in [9.17, 15) is 14.0 Å². The van der Waals surface area contributed by atoms with Crippen molar-refractivity contribution in [1.29, 1.82) is 0 Å². The number of aromatic nitrogens is 6. The lowest BCUT2D eigenvalue weighted by Gasteiger charge is -2.18. The fourth-order valence-corrected chi connectivity index (χ4v) is 2.09. The molecule has 0 spiro atoms. The lowest BCUT2D eigenvalue weighted by molar-refractivity contribution is -0.113. The number of hydrogen-bond donors (Lipinski definition) is 1. The number of amides is 1. The van der Waals surface area contributed by atoms with Gasteiger partial charge in [-0.15, -0.1) is 21.8 Å². The molecule has 1 N–H and O–H groups in total. The Morgan fingerprint density at radius 1 is 1.26 bits per heavy atom. The van der Waals surface area contributed by atoms with Gasteiger partial charge in [-0.1, -0.05) is 10.4 Å². The number of carbonyl (C=O) groups is 2. The summed E-state index contributed by atoms with van der Waals surface area (Å²) in [6.07, 6.45) is 1.71. The zero-order valence-corrected chi connectivity index (χ0v) is 16.0. The van der Waals surface area contributed by atoms with E-state index in [1.54, 1.807) is 20.8 Å². The van der Waals surface area contributed by atoms with Crippen molar-refractivity contribution in [2.75, 3.05) is 11.2 Å². The highest BCUT2D eigenvalue weighted by atomic mass is 35.5. The van der Waals surface area contributed by atoms with Gasteiger partial charge < -0.3 is 10.1 Å². The molecule has 12 heteroatoms. The highest BCUT2D eigenvalue weighted by Gasteiger charge is 2.20. The summed E-state index contributed by atoms with van der Waals surface area (Å²) in [5.41, 5.74) is -0.568. The van der Waals surface area contributed by atoms with Gasteiger partial charge in [0.15, 0.2) is 11.5 Å². The summed E-state index contributed by atoms with van der Waals surface area (Å²) in [7, 11) is 0. The number of hydrogen-bond acceptors (Lipinski definition) is 7. The lowest BCUT2D eigenvalue weighted by atomic mass is 10.2. The second kappa shape index (κ2) is 8.89. The van der Waals surface area contributed by atoms with Crippen molar-refractivity contribution in [2.45, 2.75) is 52.1 Å². The third kappa shape index (κ3) is 6.93. The quantitative estimate of drug-likeness (QED) is 0.525. The maximum Gasteiger partial charge on any atom is 0.361 e. The molecule has 1 atom stereocenters. The van der Waals surface area contributed by atoms with Crippen molar-refractivity contribution in [3.05, 3.63) is 18.1 Å². The fourth-order valence-electron chi connectivity index (χ4n) is 2.02. The molecule has 0 aromatic carbocycles. The molecule has 0 saturated carbocycles. The Kier molecular flexibility index (Phi) is 6.83. The first kappa shape index (κ1) is 20.7. The van der Waals surface area contributed by atoms with Crippen LogP contribution in [-0.4, -0.2) is 59.5 Å². The van der Waals surface area contributed by atoms with E-state index in [1.165, 1.54) is 21.8 Å². The lowest BCUT2D eigenvalue weighted by Crippen LogP contribution is -2.24. The third-order valence-electron chi connectivity index (χ3n) is 3.13. The molecule has 0 bridgehead atoms. The van der Waals surface area contributed by atoms with Crippen LogP contribution in [0.2, 0.25) is 0 Å². The van der Waals surface area contributed by atoms with Gasteiger partial charge in [-0.2, -0.15) is 0 Å². The van der Waals surface area contributed by atoms with E-state index in [0.717, 1.165) is 0 Å². The van der Waals surface area contributed by atoms with Crippen molar-refractivity contribution in [2.24, 2.45) is 0 Å². The SMILES string of the molecule is CC(C)(C)OC(=O)c1cn(CCC(F)Cn2cc(NC(=O)CCl)nn2)nn1. The Morgan fingerprint density at radius 2 is 1.96 bits per heavy atom. The van der Waals surface area contributed by atoms with Gasteiger partial charge >= 0.3 is 5.97 Å². The number of aryl methyl sites for hydroxylation is 1. The molecule has 0 fully saturated rings. The molecule has 2 aromatic rings. The molecule has 0 aliphatic heterocycles. The fraction of sp³-hybridized carbons (Fsp3) is 0.600. The minimum absolute atomic E-state index is 0.0443. The molecule has 2 rings (SSSR count). The molecule has 0 aliphatic rings. The zero-order valence-electron chi connectivity index (χ0n) is 15.2. The van der Waals surface area contributed by atoms with Crippen LogP contribution in [0.25, 0.3) is 0 Å². The summed E-state index contributed by atoms with van der Waals surface area (Å²) in [6.45, 7) is 5.43. The van der Waals surface area contributed by atoms with Crippen molar-refractivity contribution < 1.29 is 18.7 Å². The zero-order chi connectivity index (χ0) is 20.0. The third-order valence-corrected chi connectivity index (χ3v) is 3.37. The van der Waals surface area contributed by atoms with E-state index in [0.29, 0.717) is 0 Å². The van der Waals surface area contributed by atoms with Gasteiger partial charge in [0.25, 0.3) is 0 Å². The number of alkyl halides is 2. The predicted molar refractivity (Wildman–Crippen MR) is 94.1 cm³/mol. The number of carbonyl (C=O) groups excluding carboxylic acids is 2. The largest absolute Gasteiger partial charge is 0.455 e. The molecule has 0 aliphatic carbocycles. The maximum absolute atomic E-state index is 14.1. The van der Waals surface area contributed by atoms with Crippen LogP contribution >= 0.6 is 11.6 Å². The van der Waals surface area contributed by atoms with Gasteiger partial charge in [0.1, 0.15) is 17.7 Å². The molecule has 27 heavy (non-hydrogen) atoms. The van der Waals surface area contributed by atoms with Gasteiger partial charge in [0.05, 0.1) is 18.9 Å². The Balaban J connectivity index is 1.81. The van der Waals surface area contributed by atoms with E-state index in [2.05, 4.69) is 25.9 Å². The van der Waals surface area contributed by atoms with Crippen LogP contribution in [-0.2, 0) is 22.6 Å². The van der Waals surface area contributed by atoms with Crippen molar-refractivity contribution in [1.82, 2.24) is 30.0 Å². The minimum Gasteiger partial charge on any atom is -0.455 e. The van der Waals surface area contributed by atoms with Crippen LogP contribution in [0.5, 0.6) is 0 Å². The van der Waals surface area contributed by atoms with E-state index in [4.69, 9.17) is 16.3 Å². The second-order valence-corrected chi connectivity index (χ2v) is 7.03. The average molecular weight is 402 g/mol. The van der Waals surface area contributed by atoms with Crippen molar-refractivity contribution in [3.8, 4) is 0 Å². The van der Waals surface area contributed by atoms with Gasteiger partial charge in [0.2, 0.25) is 5.91 Å². The summed E-state index contributed by atoms with van der Waals surface area (Å²) in [5, 5.41) is 17.4. The molecule has 1 unspecified atom stereocenters. The Labute approximate surface area is 160 Å². The maximum atomic E-state index is 14.1. The van der Waals surface area contributed by atoms with Crippen LogP contribution in [0, 0.1) is 0 Å². The second-order valence-electron chi connectivity index (χ2n) is 6.76. The topological polar surface area (TPSA) is 117 Å². The van der Waals surface area contributed by atoms with E-state index in [-0.39, 0.29) is 36.9 Å². The summed E-state index contributed by atoms with van der Waals surface area (Å²) in [6, 6.07) is 0. The summed E-state index contributed by atoms with van der Waals surface area (Å²) in [5.74, 6) is -1.01. The van der Waals surface area contributed by atoms with E-state index >= 15 is 0 Å². The summed E-state index contributed by atoms with van der Waals surface area (Å²) >= 11 is 5.38. The first-order valence-electron chi connectivity index (χ1n) is 8.20. The first-order valence-corrected chi connectivity index (χ1v) is 8.73. The van der Waals surface area contributed by atoms with Crippen molar-refractivity contribution in [3.63, 3.8) is 0 Å².